The summed E-state index contributed by atoms with van der Waals surface area (Å²) in [4.78, 5) is 25.5. The van der Waals surface area contributed by atoms with E-state index in [-0.39, 0.29) is 24.6 Å². The summed E-state index contributed by atoms with van der Waals surface area (Å²) >= 11 is 6.04. The summed E-state index contributed by atoms with van der Waals surface area (Å²) in [6.07, 6.45) is 1.13. The highest BCUT2D eigenvalue weighted by atomic mass is 35.5. The second-order valence-corrected chi connectivity index (χ2v) is 7.07. The Morgan fingerprint density at radius 2 is 2.14 bits per heavy atom. The van der Waals surface area contributed by atoms with E-state index in [1.54, 1.807) is 24.3 Å². The summed E-state index contributed by atoms with van der Waals surface area (Å²) in [6.45, 7) is 3.41. The number of halogens is 1. The van der Waals surface area contributed by atoms with Crippen molar-refractivity contribution < 1.29 is 18.0 Å². The van der Waals surface area contributed by atoms with E-state index in [0.29, 0.717) is 10.7 Å². The van der Waals surface area contributed by atoms with Crippen molar-refractivity contribution in [1.82, 2.24) is 4.72 Å². The summed E-state index contributed by atoms with van der Waals surface area (Å²) < 4.78 is 25.1. The van der Waals surface area contributed by atoms with Crippen LogP contribution in [-0.2, 0) is 19.6 Å². The molecule has 1 atom stereocenters. The molecule has 22 heavy (non-hydrogen) atoms. The topological polar surface area (TPSA) is 83.5 Å². The number of benzene rings is 1. The van der Waals surface area contributed by atoms with Gasteiger partial charge in [0.25, 0.3) is 0 Å². The van der Waals surface area contributed by atoms with Gasteiger partial charge in [-0.25, -0.2) is 8.42 Å². The van der Waals surface area contributed by atoms with Gasteiger partial charge in [-0.1, -0.05) is 29.8 Å². The van der Waals surface area contributed by atoms with Crippen LogP contribution in [0.15, 0.2) is 36.9 Å². The van der Waals surface area contributed by atoms with Gasteiger partial charge in [0.2, 0.25) is 21.8 Å². The molecule has 0 aromatic heterocycles. The third-order valence-electron chi connectivity index (χ3n) is 3.23. The lowest BCUT2D eigenvalue weighted by Gasteiger charge is -2.17. The Labute approximate surface area is 133 Å². The SMILES string of the molecule is C=CCS(=O)(=O)NC(=O)[C@H]1CC(=O)N(c2ccccc2Cl)C1. The van der Waals surface area contributed by atoms with Crippen LogP contribution in [0.5, 0.6) is 0 Å². The molecule has 1 fully saturated rings. The van der Waals surface area contributed by atoms with Crippen molar-refractivity contribution in [2.24, 2.45) is 5.92 Å². The molecule has 118 valence electrons. The summed E-state index contributed by atoms with van der Waals surface area (Å²) in [6, 6.07) is 6.79. The first-order valence-corrected chi connectivity index (χ1v) is 8.57. The number of amides is 2. The minimum absolute atomic E-state index is 0.0549. The fourth-order valence-corrected chi connectivity index (χ4v) is 3.32. The van der Waals surface area contributed by atoms with Crippen molar-refractivity contribution >= 4 is 39.1 Å². The second-order valence-electron chi connectivity index (χ2n) is 4.89. The van der Waals surface area contributed by atoms with Crippen molar-refractivity contribution in [3.8, 4) is 0 Å². The van der Waals surface area contributed by atoms with Gasteiger partial charge in [0.05, 0.1) is 22.4 Å². The molecule has 1 saturated heterocycles. The van der Waals surface area contributed by atoms with Gasteiger partial charge in [0.15, 0.2) is 0 Å². The lowest BCUT2D eigenvalue weighted by molar-refractivity contribution is -0.124. The van der Waals surface area contributed by atoms with E-state index < -0.39 is 21.8 Å². The van der Waals surface area contributed by atoms with E-state index in [2.05, 4.69) is 6.58 Å². The van der Waals surface area contributed by atoms with Crippen LogP contribution in [-0.4, -0.2) is 32.5 Å². The minimum atomic E-state index is -3.75. The molecule has 1 aromatic carbocycles. The molecule has 2 amide bonds. The first kappa shape index (κ1) is 16.5. The van der Waals surface area contributed by atoms with E-state index >= 15 is 0 Å². The third kappa shape index (κ3) is 3.66. The highest BCUT2D eigenvalue weighted by molar-refractivity contribution is 7.90. The summed E-state index contributed by atoms with van der Waals surface area (Å²) in [5.74, 6) is -2.05. The fourth-order valence-electron chi connectivity index (χ4n) is 2.22. The van der Waals surface area contributed by atoms with E-state index in [1.807, 2.05) is 4.72 Å². The van der Waals surface area contributed by atoms with Gasteiger partial charge in [0, 0.05) is 13.0 Å². The van der Waals surface area contributed by atoms with Gasteiger partial charge in [-0.15, -0.1) is 6.58 Å². The zero-order valence-electron chi connectivity index (χ0n) is 11.7. The number of rotatable bonds is 5. The minimum Gasteiger partial charge on any atom is -0.310 e. The van der Waals surface area contributed by atoms with Crippen LogP contribution in [0, 0.1) is 5.92 Å². The number of carbonyl (C=O) groups excluding carboxylic acids is 2. The average Bonchev–Trinajstić information content (AvgIpc) is 2.81. The molecule has 1 aromatic rings. The lowest BCUT2D eigenvalue weighted by Crippen LogP contribution is -2.38. The lowest BCUT2D eigenvalue weighted by atomic mass is 10.1. The van der Waals surface area contributed by atoms with Crippen LogP contribution < -0.4 is 9.62 Å². The Kier molecular flexibility index (Phi) is 4.87. The maximum absolute atomic E-state index is 12.1. The van der Waals surface area contributed by atoms with Gasteiger partial charge in [0.1, 0.15) is 0 Å². The monoisotopic (exact) mass is 342 g/mol. The molecule has 1 N–H and O–H groups in total. The Morgan fingerprint density at radius 1 is 1.45 bits per heavy atom. The summed E-state index contributed by atoms with van der Waals surface area (Å²) in [5, 5.41) is 0.399. The van der Waals surface area contributed by atoms with E-state index in [0.717, 1.165) is 0 Å². The number of sulfonamides is 1. The molecule has 1 aliphatic heterocycles. The Morgan fingerprint density at radius 3 is 2.77 bits per heavy atom. The van der Waals surface area contributed by atoms with Crippen LogP contribution in [0.4, 0.5) is 5.69 Å². The standard InChI is InChI=1S/C14H15ClN2O4S/c1-2-7-22(20,21)16-14(19)10-8-13(18)17(9-10)12-6-4-3-5-11(12)15/h2-6,10H,1,7-9H2,(H,16,19)/t10-/m0/s1. The zero-order valence-corrected chi connectivity index (χ0v) is 13.2. The Bertz CT molecular complexity index is 717. The predicted molar refractivity (Wildman–Crippen MR) is 84.0 cm³/mol. The maximum atomic E-state index is 12.1. The second kappa shape index (κ2) is 6.50. The molecule has 0 bridgehead atoms. The van der Waals surface area contributed by atoms with Crippen LogP contribution in [0.1, 0.15) is 6.42 Å². The first-order valence-electron chi connectivity index (χ1n) is 6.54. The molecule has 0 radical (unpaired) electrons. The normalized spacial score (nSPS) is 18.3. The smallest absolute Gasteiger partial charge is 0.238 e. The first-order chi connectivity index (χ1) is 10.3. The maximum Gasteiger partial charge on any atom is 0.238 e. The van der Waals surface area contributed by atoms with Crippen LogP contribution in [0.3, 0.4) is 0 Å². The Balaban J connectivity index is 2.11. The molecule has 2 rings (SSSR count). The highest BCUT2D eigenvalue weighted by Gasteiger charge is 2.36. The predicted octanol–water partition coefficient (Wildman–Crippen LogP) is 1.32. The molecule has 1 aliphatic rings. The molecule has 0 saturated carbocycles. The molecule has 1 heterocycles. The van der Waals surface area contributed by atoms with Crippen molar-refractivity contribution in [3.63, 3.8) is 0 Å². The van der Waals surface area contributed by atoms with Gasteiger partial charge in [-0.3, -0.25) is 14.3 Å². The fraction of sp³-hybridized carbons (Fsp3) is 0.286. The van der Waals surface area contributed by atoms with E-state index in [4.69, 9.17) is 11.6 Å². The molecular formula is C14H15ClN2O4S. The van der Waals surface area contributed by atoms with Crippen molar-refractivity contribution in [2.45, 2.75) is 6.42 Å². The van der Waals surface area contributed by atoms with Crippen LogP contribution in [0.25, 0.3) is 0 Å². The molecule has 8 heteroatoms. The van der Waals surface area contributed by atoms with E-state index in [1.165, 1.54) is 11.0 Å². The van der Waals surface area contributed by atoms with Crippen LogP contribution in [0.2, 0.25) is 5.02 Å². The van der Waals surface area contributed by atoms with Gasteiger partial charge in [-0.05, 0) is 12.1 Å². The number of nitrogens with one attached hydrogen (secondary N) is 1. The number of carbonyl (C=O) groups is 2. The molecule has 6 nitrogen and oxygen atoms in total. The number of hydrogen-bond donors (Lipinski definition) is 1. The van der Waals surface area contributed by atoms with Gasteiger partial charge in [-0.2, -0.15) is 0 Å². The highest BCUT2D eigenvalue weighted by Crippen LogP contribution is 2.31. The quantitative estimate of drug-likeness (QED) is 0.818. The van der Waals surface area contributed by atoms with Gasteiger partial charge >= 0.3 is 0 Å². The summed E-state index contributed by atoms with van der Waals surface area (Å²) in [5.41, 5.74) is 0.512. The van der Waals surface area contributed by atoms with Crippen molar-refractivity contribution in [1.29, 1.82) is 0 Å². The molecule has 0 spiro atoms. The Hall–Kier alpha value is -1.86. The number of nitrogens with zero attached hydrogens (tertiary/aromatic N) is 1. The largest absolute Gasteiger partial charge is 0.310 e. The average molecular weight is 343 g/mol. The molecular weight excluding hydrogens is 328 g/mol. The molecule has 0 aliphatic carbocycles. The summed E-state index contributed by atoms with van der Waals surface area (Å²) in [7, 11) is -3.75. The van der Waals surface area contributed by atoms with E-state index in [9.17, 15) is 18.0 Å². The molecule has 0 unspecified atom stereocenters. The van der Waals surface area contributed by atoms with Crippen LogP contribution >= 0.6 is 11.6 Å². The van der Waals surface area contributed by atoms with Crippen molar-refractivity contribution in [3.05, 3.63) is 41.9 Å². The third-order valence-corrected chi connectivity index (χ3v) is 4.74. The number of hydrogen-bond acceptors (Lipinski definition) is 4. The van der Waals surface area contributed by atoms with Gasteiger partial charge < -0.3 is 4.90 Å². The number of para-hydroxylation sites is 1. The zero-order chi connectivity index (χ0) is 16.3. The number of anilines is 1. The van der Waals surface area contributed by atoms with Crippen molar-refractivity contribution in [2.75, 3.05) is 17.2 Å².